The van der Waals surface area contributed by atoms with E-state index >= 15 is 0 Å². The molecule has 0 bridgehead atoms. The highest BCUT2D eigenvalue weighted by atomic mass is 32.1. The van der Waals surface area contributed by atoms with Crippen LogP contribution < -0.4 is 0 Å². The molecular weight excluding hydrogens is 589 g/mol. The van der Waals surface area contributed by atoms with E-state index in [4.69, 9.17) is 9.97 Å². The number of benzene rings is 8. The monoisotopic (exact) mass is 614 g/mol. The summed E-state index contributed by atoms with van der Waals surface area (Å²) in [6.45, 7) is 0. The second kappa shape index (κ2) is 10.3. The van der Waals surface area contributed by atoms with Crippen molar-refractivity contribution in [3.63, 3.8) is 0 Å². The molecule has 218 valence electrons. The second-order valence-corrected chi connectivity index (χ2v) is 13.2. The summed E-state index contributed by atoms with van der Waals surface area (Å²) in [5.41, 5.74) is 8.12. The van der Waals surface area contributed by atoms with Gasteiger partial charge in [0.2, 0.25) is 0 Å². The minimum absolute atomic E-state index is 0.887. The molecule has 0 aliphatic carbocycles. The summed E-state index contributed by atoms with van der Waals surface area (Å²) in [5, 5.41) is 9.58. The van der Waals surface area contributed by atoms with Crippen LogP contribution in [-0.2, 0) is 0 Å². The summed E-state index contributed by atoms with van der Waals surface area (Å²) in [4.78, 5) is 11.1. The van der Waals surface area contributed by atoms with Gasteiger partial charge in [-0.05, 0) is 56.9 Å². The number of fused-ring (bicyclic) bond motifs is 10. The smallest absolute Gasteiger partial charge is 0.0979 e. The highest BCUT2D eigenvalue weighted by Gasteiger charge is 2.19. The minimum Gasteiger partial charge on any atom is -0.243 e. The molecule has 0 fully saturated rings. The van der Waals surface area contributed by atoms with E-state index in [-0.39, 0.29) is 0 Å². The molecule has 0 saturated carbocycles. The maximum atomic E-state index is 5.56. The van der Waals surface area contributed by atoms with E-state index < -0.39 is 0 Å². The van der Waals surface area contributed by atoms with Gasteiger partial charge in [0.1, 0.15) is 0 Å². The van der Waals surface area contributed by atoms with Crippen molar-refractivity contribution in [2.75, 3.05) is 0 Å². The van der Waals surface area contributed by atoms with E-state index in [1.54, 1.807) is 0 Å². The third-order valence-corrected chi connectivity index (χ3v) is 10.6. The number of nitrogens with zero attached hydrogens (tertiary/aromatic N) is 2. The van der Waals surface area contributed by atoms with Crippen LogP contribution >= 0.6 is 11.3 Å². The molecule has 2 nitrogen and oxygen atoms in total. The van der Waals surface area contributed by atoms with Crippen LogP contribution in [0.15, 0.2) is 158 Å². The molecule has 2 aromatic heterocycles. The molecule has 0 radical (unpaired) electrons. The first-order valence-electron chi connectivity index (χ1n) is 15.9. The third-order valence-electron chi connectivity index (χ3n) is 9.44. The molecule has 0 spiro atoms. The van der Waals surface area contributed by atoms with E-state index in [1.807, 2.05) is 11.3 Å². The Morgan fingerprint density at radius 1 is 0.340 bits per heavy atom. The molecule has 10 rings (SSSR count). The fourth-order valence-electron chi connectivity index (χ4n) is 7.23. The van der Waals surface area contributed by atoms with Crippen molar-refractivity contribution in [2.45, 2.75) is 0 Å². The van der Waals surface area contributed by atoms with Crippen LogP contribution in [0.3, 0.4) is 0 Å². The van der Waals surface area contributed by atoms with Crippen LogP contribution in [0.5, 0.6) is 0 Å². The van der Waals surface area contributed by atoms with Gasteiger partial charge >= 0.3 is 0 Å². The van der Waals surface area contributed by atoms with Crippen molar-refractivity contribution in [3.05, 3.63) is 158 Å². The predicted molar refractivity (Wildman–Crippen MR) is 201 cm³/mol. The van der Waals surface area contributed by atoms with Crippen LogP contribution in [0.1, 0.15) is 0 Å². The first-order chi connectivity index (χ1) is 23.3. The van der Waals surface area contributed by atoms with Gasteiger partial charge in [-0.2, -0.15) is 0 Å². The Morgan fingerprint density at radius 3 is 1.68 bits per heavy atom. The highest BCUT2D eigenvalue weighted by molar-refractivity contribution is 7.25. The fraction of sp³-hybridized carbons (Fsp3) is 0. The van der Waals surface area contributed by atoms with E-state index in [9.17, 15) is 0 Å². The molecular formula is C44H26N2S. The summed E-state index contributed by atoms with van der Waals surface area (Å²) < 4.78 is 2.63. The van der Waals surface area contributed by atoms with E-state index in [0.29, 0.717) is 0 Å². The lowest BCUT2D eigenvalue weighted by Crippen LogP contribution is -1.98. The summed E-state index contributed by atoms with van der Waals surface area (Å²) in [6.07, 6.45) is 0. The van der Waals surface area contributed by atoms with Crippen molar-refractivity contribution in [1.29, 1.82) is 0 Å². The number of thiophene rings is 1. The van der Waals surface area contributed by atoms with Crippen molar-refractivity contribution in [3.8, 4) is 33.6 Å². The van der Waals surface area contributed by atoms with Gasteiger partial charge in [-0.25, -0.2) is 9.97 Å². The zero-order valence-corrected chi connectivity index (χ0v) is 26.1. The lowest BCUT2D eigenvalue weighted by atomic mass is 9.94. The standard InChI is InChI=1S/C44H26N2S/c1-2-15-31-27(11-1)12-10-21-35(31)42-41(45-43-36-19-5-3-16-32(36)33-17-4-6-20-37(33)44(43)46-42)30-14-9-13-28(25-30)29-23-24-40-38(26-29)34-18-7-8-22-39(34)47-40/h1-26H. The minimum atomic E-state index is 0.887. The Bertz CT molecular complexity index is 2860. The molecule has 0 saturated heterocycles. The molecule has 10 aromatic rings. The maximum Gasteiger partial charge on any atom is 0.0979 e. The third kappa shape index (κ3) is 4.10. The van der Waals surface area contributed by atoms with Crippen molar-refractivity contribution >= 4 is 74.9 Å². The van der Waals surface area contributed by atoms with Gasteiger partial charge in [-0.3, -0.25) is 0 Å². The van der Waals surface area contributed by atoms with Gasteiger partial charge < -0.3 is 0 Å². The molecule has 8 aromatic carbocycles. The zero-order valence-electron chi connectivity index (χ0n) is 25.3. The highest BCUT2D eigenvalue weighted by Crippen LogP contribution is 2.41. The summed E-state index contributed by atoms with van der Waals surface area (Å²) in [7, 11) is 0. The Hall–Kier alpha value is -5.90. The Kier molecular flexibility index (Phi) is 5.78. The van der Waals surface area contributed by atoms with Crippen LogP contribution in [0, 0.1) is 0 Å². The molecule has 3 heteroatoms. The average molecular weight is 615 g/mol. The van der Waals surface area contributed by atoms with Crippen molar-refractivity contribution < 1.29 is 0 Å². The summed E-state index contributed by atoms with van der Waals surface area (Å²) in [5.74, 6) is 0. The van der Waals surface area contributed by atoms with Gasteiger partial charge in [0.05, 0.1) is 22.4 Å². The van der Waals surface area contributed by atoms with Gasteiger partial charge in [0, 0.05) is 42.1 Å². The van der Waals surface area contributed by atoms with Crippen molar-refractivity contribution in [1.82, 2.24) is 9.97 Å². The van der Waals surface area contributed by atoms with Gasteiger partial charge in [0.15, 0.2) is 0 Å². The van der Waals surface area contributed by atoms with Gasteiger partial charge in [-0.15, -0.1) is 11.3 Å². The zero-order chi connectivity index (χ0) is 30.9. The van der Waals surface area contributed by atoms with E-state index in [1.165, 1.54) is 47.3 Å². The van der Waals surface area contributed by atoms with Gasteiger partial charge in [-0.1, -0.05) is 133 Å². The summed E-state index contributed by atoms with van der Waals surface area (Å²) in [6, 6.07) is 56.5. The molecule has 0 aliphatic rings. The first-order valence-corrected chi connectivity index (χ1v) is 16.7. The van der Waals surface area contributed by atoms with Crippen LogP contribution in [0.25, 0.3) is 97.2 Å². The maximum absolute atomic E-state index is 5.56. The number of rotatable bonds is 3. The van der Waals surface area contributed by atoms with Crippen LogP contribution in [-0.4, -0.2) is 9.97 Å². The molecule has 0 aliphatic heterocycles. The molecule has 2 heterocycles. The van der Waals surface area contributed by atoms with Crippen molar-refractivity contribution in [2.24, 2.45) is 0 Å². The largest absolute Gasteiger partial charge is 0.243 e. The Balaban J connectivity index is 1.27. The number of aromatic nitrogens is 2. The van der Waals surface area contributed by atoms with Gasteiger partial charge in [0.25, 0.3) is 0 Å². The Morgan fingerprint density at radius 2 is 0.894 bits per heavy atom. The topological polar surface area (TPSA) is 25.8 Å². The lowest BCUT2D eigenvalue weighted by Gasteiger charge is -2.16. The van der Waals surface area contributed by atoms with E-state index in [2.05, 4.69) is 158 Å². The Labute approximate surface area is 275 Å². The molecule has 0 atom stereocenters. The molecule has 47 heavy (non-hydrogen) atoms. The first kappa shape index (κ1) is 26.3. The second-order valence-electron chi connectivity index (χ2n) is 12.1. The lowest BCUT2D eigenvalue weighted by molar-refractivity contribution is 1.31. The fourth-order valence-corrected chi connectivity index (χ4v) is 8.32. The SMILES string of the molecule is c1cc(-c2ccc3sc4ccccc4c3c2)cc(-c2nc3c4ccccc4c4ccccc4c3nc2-c2cccc3ccccc23)c1. The quantitative estimate of drug-likeness (QED) is 0.185. The average Bonchev–Trinajstić information content (AvgIpc) is 3.52. The number of hydrogen-bond acceptors (Lipinski definition) is 3. The summed E-state index contributed by atoms with van der Waals surface area (Å²) >= 11 is 1.85. The molecule has 0 N–H and O–H groups in total. The predicted octanol–water partition coefficient (Wildman–Crippen LogP) is 12.5. The van der Waals surface area contributed by atoms with Crippen LogP contribution in [0.2, 0.25) is 0 Å². The van der Waals surface area contributed by atoms with Crippen LogP contribution in [0.4, 0.5) is 0 Å². The molecule has 0 amide bonds. The molecule has 0 unspecified atom stereocenters. The van der Waals surface area contributed by atoms with E-state index in [0.717, 1.165) is 49.9 Å². The normalized spacial score (nSPS) is 11.8. The number of hydrogen-bond donors (Lipinski definition) is 0.